The molecule has 0 saturated heterocycles. The minimum absolute atomic E-state index is 0.224. The Morgan fingerprint density at radius 3 is 2.17 bits per heavy atom. The van der Waals surface area contributed by atoms with Gasteiger partial charge < -0.3 is 4.90 Å². The highest BCUT2D eigenvalue weighted by Gasteiger charge is 2.31. The van der Waals surface area contributed by atoms with Crippen molar-refractivity contribution in [2.75, 3.05) is 18.5 Å². The summed E-state index contributed by atoms with van der Waals surface area (Å²) < 4.78 is 38.2. The molecule has 2 aromatic carbocycles. The number of carbonyl (C=O) groups is 1. The van der Waals surface area contributed by atoms with Crippen molar-refractivity contribution >= 4 is 17.4 Å². The Balaban J connectivity index is 2.02. The first-order chi connectivity index (χ1) is 11.4. The van der Waals surface area contributed by atoms with Crippen molar-refractivity contribution in [1.82, 2.24) is 4.90 Å². The zero-order valence-electron chi connectivity index (χ0n) is 12.9. The lowest BCUT2D eigenvalue weighted by atomic mass is 10.1. The number of nitrogens with zero attached hydrogens (tertiary/aromatic N) is 2. The van der Waals surface area contributed by atoms with Crippen LogP contribution in [0.3, 0.4) is 0 Å². The second-order valence-electron chi connectivity index (χ2n) is 5.50. The van der Waals surface area contributed by atoms with Gasteiger partial charge in [-0.3, -0.25) is 4.90 Å². The van der Waals surface area contributed by atoms with Crippen LogP contribution >= 0.6 is 0 Å². The van der Waals surface area contributed by atoms with Crippen LogP contribution in [0.2, 0.25) is 0 Å². The van der Waals surface area contributed by atoms with Gasteiger partial charge in [-0.2, -0.15) is 13.2 Å². The zero-order valence-corrected chi connectivity index (χ0v) is 12.9. The number of alkyl halides is 3. The molecule has 2 amide bonds. The van der Waals surface area contributed by atoms with Crippen molar-refractivity contribution in [3.8, 4) is 0 Å². The molecule has 0 aromatic heterocycles. The topological polar surface area (TPSA) is 23.6 Å². The van der Waals surface area contributed by atoms with Crippen molar-refractivity contribution in [3.05, 3.63) is 71.8 Å². The maximum Gasteiger partial charge on any atom is 0.416 e. The average molecular weight is 332 g/mol. The van der Waals surface area contributed by atoms with Crippen molar-refractivity contribution in [1.29, 1.82) is 0 Å². The van der Waals surface area contributed by atoms with Crippen molar-refractivity contribution in [2.45, 2.75) is 6.18 Å². The molecule has 0 atom stereocenters. The monoisotopic (exact) mass is 332 g/mol. The third kappa shape index (κ3) is 2.99. The largest absolute Gasteiger partial charge is 0.416 e. The van der Waals surface area contributed by atoms with E-state index in [1.165, 1.54) is 17.0 Å². The number of likely N-dealkylation sites (N-methyl/N-ethyl adjacent to an activating group) is 1. The fourth-order valence-corrected chi connectivity index (χ4v) is 2.57. The number of rotatable bonds is 2. The predicted octanol–water partition coefficient (Wildman–Crippen LogP) is 4.62. The van der Waals surface area contributed by atoms with Crippen LogP contribution < -0.4 is 4.90 Å². The SMILES string of the molecule is CN1CC=C(c2ccc(C(F)(F)F)cc2)N(c2ccccc2)C1=O. The fourth-order valence-electron chi connectivity index (χ4n) is 2.57. The molecule has 3 nitrogen and oxygen atoms in total. The summed E-state index contributed by atoms with van der Waals surface area (Å²) in [6, 6.07) is 13.6. The highest BCUT2D eigenvalue weighted by molar-refractivity contribution is 6.06. The smallest absolute Gasteiger partial charge is 0.323 e. The van der Waals surface area contributed by atoms with Gasteiger partial charge in [-0.05, 0) is 35.9 Å². The second-order valence-corrected chi connectivity index (χ2v) is 5.50. The van der Waals surface area contributed by atoms with Crippen molar-refractivity contribution < 1.29 is 18.0 Å². The van der Waals surface area contributed by atoms with Crippen LogP contribution in [0.4, 0.5) is 23.7 Å². The Morgan fingerprint density at radius 2 is 1.58 bits per heavy atom. The molecule has 1 aliphatic rings. The Morgan fingerprint density at radius 1 is 0.958 bits per heavy atom. The third-order valence-electron chi connectivity index (χ3n) is 3.84. The van der Waals surface area contributed by atoms with Gasteiger partial charge in [0.1, 0.15) is 0 Å². The van der Waals surface area contributed by atoms with E-state index in [4.69, 9.17) is 0 Å². The molecule has 0 saturated carbocycles. The van der Waals surface area contributed by atoms with Gasteiger partial charge in [-0.1, -0.05) is 30.3 Å². The maximum absolute atomic E-state index is 12.7. The highest BCUT2D eigenvalue weighted by atomic mass is 19.4. The van der Waals surface area contributed by atoms with E-state index in [2.05, 4.69) is 0 Å². The number of carbonyl (C=O) groups excluding carboxylic acids is 1. The van der Waals surface area contributed by atoms with E-state index >= 15 is 0 Å². The van der Waals surface area contributed by atoms with Gasteiger partial charge in [-0.25, -0.2) is 4.79 Å². The zero-order chi connectivity index (χ0) is 17.3. The molecule has 1 heterocycles. The minimum Gasteiger partial charge on any atom is -0.323 e. The molecule has 124 valence electrons. The van der Waals surface area contributed by atoms with Gasteiger partial charge in [0.05, 0.1) is 16.9 Å². The number of urea groups is 1. The lowest BCUT2D eigenvalue weighted by molar-refractivity contribution is -0.137. The lowest BCUT2D eigenvalue weighted by Gasteiger charge is -2.34. The Kier molecular flexibility index (Phi) is 4.05. The molecule has 0 unspecified atom stereocenters. The van der Waals surface area contributed by atoms with Gasteiger partial charge >= 0.3 is 12.2 Å². The Bertz CT molecular complexity index is 767. The van der Waals surface area contributed by atoms with Crippen LogP contribution in [-0.4, -0.2) is 24.5 Å². The summed E-state index contributed by atoms with van der Waals surface area (Å²) in [5, 5.41) is 0. The predicted molar refractivity (Wildman–Crippen MR) is 86.4 cm³/mol. The molecule has 1 aliphatic heterocycles. The first-order valence-corrected chi connectivity index (χ1v) is 7.36. The van der Waals surface area contributed by atoms with Crippen LogP contribution in [0.15, 0.2) is 60.7 Å². The second kappa shape index (κ2) is 6.03. The van der Waals surface area contributed by atoms with Gasteiger partial charge in [0.2, 0.25) is 0 Å². The number of anilines is 1. The van der Waals surface area contributed by atoms with Crippen LogP contribution in [0.1, 0.15) is 11.1 Å². The standard InChI is InChI=1S/C18H15F3N2O/c1-22-12-11-16(13-7-9-14(10-8-13)18(19,20)21)23(17(22)24)15-5-3-2-4-6-15/h2-11H,12H2,1H3. The number of hydrogen-bond acceptors (Lipinski definition) is 1. The van der Waals surface area contributed by atoms with Crippen LogP contribution in [-0.2, 0) is 6.18 Å². The van der Waals surface area contributed by atoms with Crippen molar-refractivity contribution in [2.24, 2.45) is 0 Å². The Hall–Kier alpha value is -2.76. The van der Waals surface area contributed by atoms with E-state index in [-0.39, 0.29) is 6.03 Å². The summed E-state index contributed by atoms with van der Waals surface area (Å²) in [5.41, 5.74) is 1.10. The normalized spacial score (nSPS) is 15.5. The summed E-state index contributed by atoms with van der Waals surface area (Å²) >= 11 is 0. The van der Waals surface area contributed by atoms with Crippen LogP contribution in [0, 0.1) is 0 Å². The van der Waals surface area contributed by atoms with Gasteiger partial charge in [0.15, 0.2) is 0 Å². The fraction of sp³-hybridized carbons (Fsp3) is 0.167. The molecule has 0 radical (unpaired) electrons. The molecule has 6 heteroatoms. The summed E-state index contributed by atoms with van der Waals surface area (Å²) in [5.74, 6) is 0. The quantitative estimate of drug-likeness (QED) is 0.787. The maximum atomic E-state index is 12.7. The summed E-state index contributed by atoms with van der Waals surface area (Å²) in [6.07, 6.45) is -2.55. The van der Waals surface area contributed by atoms with E-state index in [1.54, 1.807) is 24.1 Å². The number of halogens is 3. The molecular weight excluding hydrogens is 317 g/mol. The molecule has 0 bridgehead atoms. The molecule has 0 aliphatic carbocycles. The molecule has 24 heavy (non-hydrogen) atoms. The van der Waals surface area contributed by atoms with E-state index < -0.39 is 11.7 Å². The lowest BCUT2D eigenvalue weighted by Crippen LogP contribution is -2.44. The van der Waals surface area contributed by atoms with Crippen LogP contribution in [0.5, 0.6) is 0 Å². The van der Waals surface area contributed by atoms with Gasteiger partial charge in [-0.15, -0.1) is 0 Å². The van der Waals surface area contributed by atoms with E-state index in [9.17, 15) is 18.0 Å². The summed E-state index contributed by atoms with van der Waals surface area (Å²) in [6.45, 7) is 0.401. The number of hydrogen-bond donors (Lipinski definition) is 0. The minimum atomic E-state index is -4.38. The average Bonchev–Trinajstić information content (AvgIpc) is 2.57. The molecule has 2 aromatic rings. The van der Waals surface area contributed by atoms with E-state index in [1.807, 2.05) is 24.3 Å². The van der Waals surface area contributed by atoms with Crippen molar-refractivity contribution in [3.63, 3.8) is 0 Å². The highest BCUT2D eigenvalue weighted by Crippen LogP contribution is 2.33. The molecular formula is C18H15F3N2O. The first kappa shape index (κ1) is 16.1. The van der Waals surface area contributed by atoms with Crippen LogP contribution in [0.25, 0.3) is 5.70 Å². The third-order valence-corrected chi connectivity index (χ3v) is 3.84. The number of amides is 2. The number of benzene rings is 2. The van der Waals surface area contributed by atoms with E-state index in [0.717, 1.165) is 12.1 Å². The summed E-state index contributed by atoms with van der Waals surface area (Å²) in [7, 11) is 1.68. The van der Waals surface area contributed by atoms with Gasteiger partial charge in [0.25, 0.3) is 0 Å². The number of para-hydroxylation sites is 1. The summed E-state index contributed by atoms with van der Waals surface area (Å²) in [4.78, 5) is 15.6. The van der Waals surface area contributed by atoms with E-state index in [0.29, 0.717) is 23.5 Å². The molecule has 0 fully saturated rings. The molecule has 0 spiro atoms. The Labute approximate surface area is 137 Å². The molecule has 0 N–H and O–H groups in total. The molecule has 3 rings (SSSR count). The first-order valence-electron chi connectivity index (χ1n) is 7.36. The van der Waals surface area contributed by atoms with Gasteiger partial charge in [0, 0.05) is 13.6 Å².